The van der Waals surface area contributed by atoms with Gasteiger partial charge in [0.15, 0.2) is 6.10 Å². The third kappa shape index (κ3) is 3.58. The molecular weight excluding hydrogens is 240 g/mol. The Morgan fingerprint density at radius 2 is 2.11 bits per heavy atom. The van der Waals surface area contributed by atoms with Crippen LogP contribution >= 0.6 is 0 Å². The molecule has 4 heteroatoms. The summed E-state index contributed by atoms with van der Waals surface area (Å²) in [6.45, 7) is 3.70. The molecule has 1 aliphatic heterocycles. The second-order valence-electron chi connectivity index (χ2n) is 4.58. The number of amides is 1. The molecule has 1 unspecified atom stereocenters. The van der Waals surface area contributed by atoms with Gasteiger partial charge in [0.25, 0.3) is 5.91 Å². The summed E-state index contributed by atoms with van der Waals surface area (Å²) >= 11 is 0. The lowest BCUT2D eigenvalue weighted by molar-refractivity contribution is -0.126. The second kappa shape index (κ2) is 6.38. The van der Waals surface area contributed by atoms with Gasteiger partial charge in [0.05, 0.1) is 0 Å². The van der Waals surface area contributed by atoms with E-state index in [0.717, 1.165) is 25.3 Å². The van der Waals surface area contributed by atoms with E-state index in [1.165, 1.54) is 11.1 Å². The molecule has 1 aromatic carbocycles. The molecule has 0 saturated heterocycles. The standard InChI is InChI=1S/C15H20N2O2/c1-11(15(18)16-2)19-14-5-3-12(4-6-14)13-7-9-17-10-8-13/h3-7,11,17H,8-10H2,1-2H3,(H,16,18). The highest BCUT2D eigenvalue weighted by Gasteiger charge is 2.12. The smallest absolute Gasteiger partial charge is 0.260 e. The Labute approximate surface area is 113 Å². The van der Waals surface area contributed by atoms with E-state index in [2.05, 4.69) is 16.7 Å². The number of likely N-dealkylation sites (N-methyl/N-ethyl adjacent to an activating group) is 1. The van der Waals surface area contributed by atoms with E-state index in [1.807, 2.05) is 24.3 Å². The molecule has 1 heterocycles. The van der Waals surface area contributed by atoms with Gasteiger partial charge in [-0.2, -0.15) is 0 Å². The minimum atomic E-state index is -0.478. The summed E-state index contributed by atoms with van der Waals surface area (Å²) in [4.78, 5) is 11.4. The van der Waals surface area contributed by atoms with Crippen LogP contribution in [-0.4, -0.2) is 32.1 Å². The molecule has 0 fully saturated rings. The zero-order chi connectivity index (χ0) is 13.7. The van der Waals surface area contributed by atoms with Crippen LogP contribution in [0.2, 0.25) is 0 Å². The molecule has 0 spiro atoms. The number of nitrogens with one attached hydrogen (secondary N) is 2. The van der Waals surface area contributed by atoms with Gasteiger partial charge in [0, 0.05) is 13.6 Å². The number of rotatable bonds is 4. The zero-order valence-electron chi connectivity index (χ0n) is 11.4. The molecule has 2 rings (SSSR count). The maximum Gasteiger partial charge on any atom is 0.260 e. The minimum Gasteiger partial charge on any atom is -0.481 e. The van der Waals surface area contributed by atoms with Crippen molar-refractivity contribution in [2.24, 2.45) is 0 Å². The maximum atomic E-state index is 11.4. The van der Waals surface area contributed by atoms with E-state index in [-0.39, 0.29) is 5.91 Å². The van der Waals surface area contributed by atoms with Crippen molar-refractivity contribution in [3.63, 3.8) is 0 Å². The van der Waals surface area contributed by atoms with Gasteiger partial charge in [-0.1, -0.05) is 18.2 Å². The van der Waals surface area contributed by atoms with E-state index in [9.17, 15) is 4.79 Å². The number of hydrogen-bond acceptors (Lipinski definition) is 3. The van der Waals surface area contributed by atoms with Crippen molar-refractivity contribution >= 4 is 11.5 Å². The van der Waals surface area contributed by atoms with E-state index in [4.69, 9.17) is 4.74 Å². The highest BCUT2D eigenvalue weighted by Crippen LogP contribution is 2.22. The molecule has 102 valence electrons. The number of carbonyl (C=O) groups excluding carboxylic acids is 1. The fraction of sp³-hybridized carbons (Fsp3) is 0.400. The lowest BCUT2D eigenvalue weighted by atomic mass is 10.0. The van der Waals surface area contributed by atoms with E-state index in [1.54, 1.807) is 14.0 Å². The Morgan fingerprint density at radius 1 is 1.37 bits per heavy atom. The molecule has 0 aromatic heterocycles. The van der Waals surface area contributed by atoms with Crippen LogP contribution in [0.1, 0.15) is 18.9 Å². The Balaban J connectivity index is 2.02. The fourth-order valence-corrected chi connectivity index (χ4v) is 2.09. The first-order valence-electron chi connectivity index (χ1n) is 6.59. The summed E-state index contributed by atoms with van der Waals surface area (Å²) in [6.07, 6.45) is 2.79. The first kappa shape index (κ1) is 13.6. The molecule has 0 bridgehead atoms. The Kier molecular flexibility index (Phi) is 4.58. The molecule has 1 atom stereocenters. The van der Waals surface area contributed by atoms with Crippen LogP contribution in [0.4, 0.5) is 0 Å². The Bertz CT molecular complexity index is 466. The van der Waals surface area contributed by atoms with Gasteiger partial charge in [-0.25, -0.2) is 0 Å². The van der Waals surface area contributed by atoms with Crippen molar-refractivity contribution < 1.29 is 9.53 Å². The summed E-state index contributed by atoms with van der Waals surface area (Å²) in [5.41, 5.74) is 2.59. The van der Waals surface area contributed by atoms with Crippen molar-refractivity contribution in [3.05, 3.63) is 35.9 Å². The van der Waals surface area contributed by atoms with Crippen molar-refractivity contribution in [2.45, 2.75) is 19.4 Å². The number of benzene rings is 1. The lowest BCUT2D eigenvalue weighted by Crippen LogP contribution is -2.33. The maximum absolute atomic E-state index is 11.4. The molecule has 4 nitrogen and oxygen atoms in total. The van der Waals surface area contributed by atoms with Crippen LogP contribution in [0.3, 0.4) is 0 Å². The van der Waals surface area contributed by atoms with Gasteiger partial charge < -0.3 is 15.4 Å². The molecule has 1 aromatic rings. The molecule has 19 heavy (non-hydrogen) atoms. The topological polar surface area (TPSA) is 50.4 Å². The van der Waals surface area contributed by atoms with E-state index < -0.39 is 6.10 Å². The number of ether oxygens (including phenoxy) is 1. The van der Waals surface area contributed by atoms with Crippen LogP contribution in [0, 0.1) is 0 Å². The highest BCUT2D eigenvalue weighted by atomic mass is 16.5. The highest BCUT2D eigenvalue weighted by molar-refractivity contribution is 5.80. The molecule has 0 radical (unpaired) electrons. The fourth-order valence-electron chi connectivity index (χ4n) is 2.09. The van der Waals surface area contributed by atoms with Gasteiger partial charge in [0.2, 0.25) is 0 Å². The van der Waals surface area contributed by atoms with Gasteiger partial charge >= 0.3 is 0 Å². The third-order valence-corrected chi connectivity index (χ3v) is 3.22. The predicted octanol–water partition coefficient (Wildman–Crippen LogP) is 1.58. The summed E-state index contributed by atoms with van der Waals surface area (Å²) in [5.74, 6) is 0.597. The largest absolute Gasteiger partial charge is 0.481 e. The molecule has 2 N–H and O–H groups in total. The van der Waals surface area contributed by atoms with Gasteiger partial charge in [-0.15, -0.1) is 0 Å². The monoisotopic (exact) mass is 260 g/mol. The molecule has 0 saturated carbocycles. The quantitative estimate of drug-likeness (QED) is 0.864. The van der Waals surface area contributed by atoms with Crippen LogP contribution in [0.25, 0.3) is 5.57 Å². The Morgan fingerprint density at radius 3 is 2.68 bits per heavy atom. The van der Waals surface area contributed by atoms with Crippen LogP contribution in [-0.2, 0) is 4.79 Å². The zero-order valence-corrected chi connectivity index (χ0v) is 11.4. The van der Waals surface area contributed by atoms with Crippen LogP contribution in [0.5, 0.6) is 5.75 Å². The Hall–Kier alpha value is -1.81. The number of hydrogen-bond donors (Lipinski definition) is 2. The lowest BCUT2D eigenvalue weighted by Gasteiger charge is -2.16. The molecule has 1 amide bonds. The van der Waals surface area contributed by atoms with Gasteiger partial charge in [-0.05, 0) is 43.2 Å². The molecule has 1 aliphatic rings. The van der Waals surface area contributed by atoms with Gasteiger partial charge in [-0.3, -0.25) is 4.79 Å². The normalized spacial score (nSPS) is 16.4. The first-order valence-corrected chi connectivity index (χ1v) is 6.59. The average molecular weight is 260 g/mol. The number of carbonyl (C=O) groups is 1. The predicted molar refractivity (Wildman–Crippen MR) is 76.1 cm³/mol. The molecular formula is C15H20N2O2. The minimum absolute atomic E-state index is 0.120. The average Bonchev–Trinajstić information content (AvgIpc) is 2.48. The van der Waals surface area contributed by atoms with E-state index in [0.29, 0.717) is 0 Å². The van der Waals surface area contributed by atoms with Crippen LogP contribution in [0.15, 0.2) is 30.3 Å². The third-order valence-electron chi connectivity index (χ3n) is 3.22. The SMILES string of the molecule is CNC(=O)C(C)Oc1ccc(C2=CCNCC2)cc1. The van der Waals surface area contributed by atoms with Crippen molar-refractivity contribution in [1.29, 1.82) is 0 Å². The first-order chi connectivity index (χ1) is 9.20. The van der Waals surface area contributed by atoms with Crippen molar-refractivity contribution in [2.75, 3.05) is 20.1 Å². The summed E-state index contributed by atoms with van der Waals surface area (Å²) in [6, 6.07) is 7.92. The second-order valence-corrected chi connectivity index (χ2v) is 4.58. The van der Waals surface area contributed by atoms with Gasteiger partial charge in [0.1, 0.15) is 5.75 Å². The summed E-state index contributed by atoms with van der Waals surface area (Å²) in [7, 11) is 1.61. The van der Waals surface area contributed by atoms with Crippen molar-refractivity contribution in [1.82, 2.24) is 10.6 Å². The molecule has 0 aliphatic carbocycles. The van der Waals surface area contributed by atoms with Crippen LogP contribution < -0.4 is 15.4 Å². The van der Waals surface area contributed by atoms with E-state index >= 15 is 0 Å². The summed E-state index contributed by atoms with van der Waals surface area (Å²) < 4.78 is 5.57. The van der Waals surface area contributed by atoms with Crippen molar-refractivity contribution in [3.8, 4) is 5.75 Å². The summed E-state index contributed by atoms with van der Waals surface area (Å²) in [5, 5.41) is 5.86.